The van der Waals surface area contributed by atoms with Gasteiger partial charge in [-0.05, 0) is 48.0 Å². The Labute approximate surface area is 181 Å². The standard InChI is InChI=1S/C24H16F2N4O2/c25-18-6-3-8-21-22(18)23(17-10-9-15(24(31)32)13-19(17)26)28-30(21)14-16-5-1-2-7-20(16)29-12-4-11-27-29/h1-13H,14H2,(H,31,32). The summed E-state index contributed by atoms with van der Waals surface area (Å²) in [5.74, 6) is -2.56. The van der Waals surface area contributed by atoms with Gasteiger partial charge >= 0.3 is 5.97 Å². The molecule has 8 heteroatoms. The number of benzene rings is 3. The highest BCUT2D eigenvalue weighted by molar-refractivity contribution is 5.95. The van der Waals surface area contributed by atoms with Crippen LogP contribution in [-0.4, -0.2) is 30.6 Å². The maximum absolute atomic E-state index is 14.8. The molecule has 0 saturated heterocycles. The van der Waals surface area contributed by atoms with E-state index in [-0.39, 0.29) is 22.2 Å². The van der Waals surface area contributed by atoms with Crippen LogP contribution in [0.25, 0.3) is 27.8 Å². The van der Waals surface area contributed by atoms with Gasteiger partial charge in [-0.25, -0.2) is 18.3 Å². The van der Waals surface area contributed by atoms with Crippen molar-refractivity contribution >= 4 is 16.9 Å². The van der Waals surface area contributed by atoms with E-state index in [0.717, 1.165) is 17.3 Å². The van der Waals surface area contributed by atoms with Gasteiger partial charge in [-0.1, -0.05) is 24.3 Å². The van der Waals surface area contributed by atoms with Gasteiger partial charge in [-0.15, -0.1) is 0 Å². The predicted molar refractivity (Wildman–Crippen MR) is 115 cm³/mol. The number of para-hydroxylation sites is 1. The number of carbonyl (C=O) groups is 1. The molecule has 3 aromatic carbocycles. The fraction of sp³-hybridized carbons (Fsp3) is 0.0417. The normalized spacial score (nSPS) is 11.2. The van der Waals surface area contributed by atoms with E-state index in [1.165, 1.54) is 18.2 Å². The first-order valence-electron chi connectivity index (χ1n) is 9.79. The number of aromatic nitrogens is 4. The van der Waals surface area contributed by atoms with Crippen LogP contribution in [0.4, 0.5) is 8.78 Å². The summed E-state index contributed by atoms with van der Waals surface area (Å²) in [6.45, 7) is 0.296. The molecule has 0 radical (unpaired) electrons. The number of nitrogens with zero attached hydrogens (tertiary/aromatic N) is 4. The molecule has 0 bridgehead atoms. The van der Waals surface area contributed by atoms with Crippen molar-refractivity contribution in [3.05, 3.63) is 102 Å². The van der Waals surface area contributed by atoms with Gasteiger partial charge in [0.15, 0.2) is 0 Å². The number of fused-ring (bicyclic) bond motifs is 1. The Morgan fingerprint density at radius 3 is 2.56 bits per heavy atom. The minimum absolute atomic E-state index is 0.0317. The van der Waals surface area contributed by atoms with E-state index in [1.807, 2.05) is 36.5 Å². The molecule has 0 atom stereocenters. The lowest BCUT2D eigenvalue weighted by Gasteiger charge is -2.10. The lowest BCUT2D eigenvalue weighted by atomic mass is 10.0. The van der Waals surface area contributed by atoms with Crippen LogP contribution >= 0.6 is 0 Å². The molecule has 0 unspecified atom stereocenters. The summed E-state index contributed by atoms with van der Waals surface area (Å²) in [5, 5.41) is 18.1. The third kappa shape index (κ3) is 3.31. The van der Waals surface area contributed by atoms with Crippen molar-refractivity contribution in [3.63, 3.8) is 0 Å². The maximum atomic E-state index is 14.8. The van der Waals surface area contributed by atoms with E-state index < -0.39 is 17.6 Å². The number of aromatic carboxylic acids is 1. The summed E-state index contributed by atoms with van der Waals surface area (Å²) in [6.07, 6.45) is 3.50. The third-order valence-electron chi connectivity index (χ3n) is 5.26. The highest BCUT2D eigenvalue weighted by Gasteiger charge is 2.20. The summed E-state index contributed by atoms with van der Waals surface area (Å²) in [6, 6.07) is 17.5. The van der Waals surface area contributed by atoms with Gasteiger partial charge in [0.25, 0.3) is 0 Å². The maximum Gasteiger partial charge on any atom is 0.335 e. The fourth-order valence-corrected chi connectivity index (χ4v) is 3.78. The first-order valence-corrected chi connectivity index (χ1v) is 9.79. The molecule has 5 aromatic rings. The number of carboxylic acids is 1. The summed E-state index contributed by atoms with van der Waals surface area (Å²) < 4.78 is 33.0. The van der Waals surface area contributed by atoms with Gasteiger partial charge in [0.1, 0.15) is 17.3 Å². The van der Waals surface area contributed by atoms with Crippen molar-refractivity contribution in [2.24, 2.45) is 0 Å². The van der Waals surface area contributed by atoms with Crippen molar-refractivity contribution < 1.29 is 18.7 Å². The molecule has 0 amide bonds. The second-order valence-electron chi connectivity index (χ2n) is 7.22. The zero-order chi connectivity index (χ0) is 22.2. The van der Waals surface area contributed by atoms with E-state index in [0.29, 0.717) is 12.1 Å². The molecular formula is C24H16F2N4O2. The predicted octanol–water partition coefficient (Wildman–Crippen LogP) is 4.91. The molecule has 0 saturated carbocycles. The van der Waals surface area contributed by atoms with Crippen LogP contribution in [0.15, 0.2) is 79.1 Å². The van der Waals surface area contributed by atoms with Gasteiger partial charge in [0, 0.05) is 18.0 Å². The molecule has 0 aliphatic heterocycles. The Morgan fingerprint density at radius 2 is 1.81 bits per heavy atom. The Balaban J connectivity index is 1.66. The Bertz CT molecular complexity index is 1460. The number of halogens is 2. The molecule has 0 aliphatic rings. The molecule has 2 aromatic heterocycles. The lowest BCUT2D eigenvalue weighted by molar-refractivity contribution is 0.0696. The number of rotatable bonds is 5. The van der Waals surface area contributed by atoms with Gasteiger partial charge in [0.2, 0.25) is 0 Å². The summed E-state index contributed by atoms with van der Waals surface area (Å²) in [4.78, 5) is 11.2. The fourth-order valence-electron chi connectivity index (χ4n) is 3.78. The number of carboxylic acid groups (broad SMARTS) is 1. The van der Waals surface area contributed by atoms with Crippen molar-refractivity contribution in [2.75, 3.05) is 0 Å². The summed E-state index contributed by atoms with van der Waals surface area (Å²) >= 11 is 0. The van der Waals surface area contributed by atoms with E-state index in [1.54, 1.807) is 27.7 Å². The molecule has 32 heavy (non-hydrogen) atoms. The third-order valence-corrected chi connectivity index (χ3v) is 5.26. The van der Waals surface area contributed by atoms with Crippen molar-refractivity contribution in [1.82, 2.24) is 19.6 Å². The molecule has 5 rings (SSSR count). The smallest absolute Gasteiger partial charge is 0.335 e. The number of hydrogen-bond acceptors (Lipinski definition) is 3. The highest BCUT2D eigenvalue weighted by atomic mass is 19.1. The van der Waals surface area contributed by atoms with Crippen LogP contribution in [0.3, 0.4) is 0 Å². The molecule has 2 heterocycles. The van der Waals surface area contributed by atoms with E-state index in [9.17, 15) is 13.6 Å². The SMILES string of the molecule is O=C(O)c1ccc(-c2nn(Cc3ccccc3-n3cccn3)c3cccc(F)c23)c(F)c1. The Morgan fingerprint density at radius 1 is 0.969 bits per heavy atom. The van der Waals surface area contributed by atoms with Crippen LogP contribution in [0.5, 0.6) is 0 Å². The zero-order valence-corrected chi connectivity index (χ0v) is 16.6. The van der Waals surface area contributed by atoms with Crippen LogP contribution in [0.2, 0.25) is 0 Å². The lowest BCUT2D eigenvalue weighted by Crippen LogP contribution is -2.07. The zero-order valence-electron chi connectivity index (χ0n) is 16.6. The van der Waals surface area contributed by atoms with Gasteiger partial charge in [-0.3, -0.25) is 4.68 Å². The summed E-state index contributed by atoms with van der Waals surface area (Å²) in [5.41, 5.74) is 2.18. The van der Waals surface area contributed by atoms with Crippen LogP contribution in [-0.2, 0) is 6.54 Å². The average Bonchev–Trinajstić information content (AvgIpc) is 3.44. The first-order chi connectivity index (χ1) is 15.5. The molecule has 0 aliphatic carbocycles. The van der Waals surface area contributed by atoms with Crippen molar-refractivity contribution in [3.8, 4) is 16.9 Å². The van der Waals surface area contributed by atoms with Crippen LogP contribution in [0.1, 0.15) is 15.9 Å². The molecular weight excluding hydrogens is 414 g/mol. The van der Waals surface area contributed by atoms with Crippen molar-refractivity contribution in [1.29, 1.82) is 0 Å². The molecule has 158 valence electrons. The Hall–Kier alpha value is -4.33. The number of hydrogen-bond donors (Lipinski definition) is 1. The van der Waals surface area contributed by atoms with E-state index >= 15 is 0 Å². The molecule has 6 nitrogen and oxygen atoms in total. The molecule has 0 spiro atoms. The van der Waals surface area contributed by atoms with Crippen LogP contribution in [0, 0.1) is 11.6 Å². The van der Waals surface area contributed by atoms with Gasteiger partial charge in [0.05, 0.1) is 28.7 Å². The van der Waals surface area contributed by atoms with E-state index in [4.69, 9.17) is 5.11 Å². The average molecular weight is 430 g/mol. The summed E-state index contributed by atoms with van der Waals surface area (Å²) in [7, 11) is 0. The minimum atomic E-state index is -1.24. The quantitative estimate of drug-likeness (QED) is 0.430. The molecule has 0 fully saturated rings. The minimum Gasteiger partial charge on any atom is -0.478 e. The topological polar surface area (TPSA) is 72.9 Å². The van der Waals surface area contributed by atoms with Crippen LogP contribution < -0.4 is 0 Å². The van der Waals surface area contributed by atoms with Gasteiger partial charge < -0.3 is 5.11 Å². The highest BCUT2D eigenvalue weighted by Crippen LogP contribution is 2.33. The van der Waals surface area contributed by atoms with E-state index in [2.05, 4.69) is 10.2 Å². The van der Waals surface area contributed by atoms with Gasteiger partial charge in [-0.2, -0.15) is 10.2 Å². The van der Waals surface area contributed by atoms with Crippen molar-refractivity contribution in [2.45, 2.75) is 6.54 Å². The monoisotopic (exact) mass is 430 g/mol. The largest absolute Gasteiger partial charge is 0.478 e. The second-order valence-corrected chi connectivity index (χ2v) is 7.22. The molecule has 1 N–H and O–H groups in total. The first kappa shape index (κ1) is 19.6. The Kier molecular flexibility index (Phi) is 4.74. The second kappa shape index (κ2) is 7.73.